The lowest BCUT2D eigenvalue weighted by Crippen LogP contribution is -2.04. The van der Waals surface area contributed by atoms with Crippen molar-refractivity contribution in [1.29, 1.82) is 0 Å². The number of carbonyl (C=O) groups excluding carboxylic acids is 1. The van der Waals surface area contributed by atoms with E-state index in [1.54, 1.807) is 0 Å². The molecule has 0 saturated heterocycles. The van der Waals surface area contributed by atoms with Crippen LogP contribution in [0, 0.1) is 13.8 Å². The van der Waals surface area contributed by atoms with Crippen LogP contribution in [0.25, 0.3) is 11.5 Å². The molecule has 0 N–H and O–H groups in total. The molecule has 0 saturated carbocycles. The third kappa shape index (κ3) is 3.76. The number of carbonyl (C=O) groups is 1. The Morgan fingerprint density at radius 2 is 1.96 bits per heavy atom. The maximum atomic E-state index is 12.4. The molecule has 1 aromatic heterocycles. The van der Waals surface area contributed by atoms with Crippen LogP contribution in [0.5, 0.6) is 0 Å². The van der Waals surface area contributed by atoms with Gasteiger partial charge in [0.1, 0.15) is 0 Å². The van der Waals surface area contributed by atoms with Crippen LogP contribution in [0.15, 0.2) is 56.6 Å². The molecule has 4 nitrogen and oxygen atoms in total. The topological polar surface area (TPSA) is 56.0 Å². The predicted molar refractivity (Wildman–Crippen MR) is 98.4 cm³/mol. The van der Waals surface area contributed by atoms with Crippen LogP contribution in [-0.2, 0) is 0 Å². The van der Waals surface area contributed by atoms with Gasteiger partial charge in [-0.1, -0.05) is 47.7 Å². The first kappa shape index (κ1) is 16.9. The lowest BCUT2D eigenvalue weighted by atomic mass is 10.0. The van der Waals surface area contributed by atoms with Gasteiger partial charge in [-0.05, 0) is 47.5 Å². The second-order valence-electron chi connectivity index (χ2n) is 5.38. The highest BCUT2D eigenvalue weighted by molar-refractivity contribution is 9.10. The van der Waals surface area contributed by atoms with Crippen LogP contribution < -0.4 is 0 Å². The van der Waals surface area contributed by atoms with Gasteiger partial charge in [0, 0.05) is 10.0 Å². The van der Waals surface area contributed by atoms with E-state index in [1.807, 2.05) is 56.3 Å². The van der Waals surface area contributed by atoms with Crippen LogP contribution in [0.4, 0.5) is 0 Å². The molecule has 0 radical (unpaired) electrons. The Labute approximate surface area is 152 Å². The van der Waals surface area contributed by atoms with Gasteiger partial charge < -0.3 is 4.42 Å². The van der Waals surface area contributed by atoms with Crippen LogP contribution in [0.2, 0.25) is 0 Å². The van der Waals surface area contributed by atoms with E-state index in [4.69, 9.17) is 4.42 Å². The molecule has 2 aromatic carbocycles. The zero-order chi connectivity index (χ0) is 17.1. The van der Waals surface area contributed by atoms with Gasteiger partial charge in [0.05, 0.1) is 11.3 Å². The smallest absolute Gasteiger partial charge is 0.277 e. The van der Waals surface area contributed by atoms with E-state index >= 15 is 0 Å². The van der Waals surface area contributed by atoms with E-state index in [0.29, 0.717) is 11.1 Å². The van der Waals surface area contributed by atoms with E-state index in [9.17, 15) is 4.79 Å². The van der Waals surface area contributed by atoms with Gasteiger partial charge in [0.25, 0.3) is 5.22 Å². The van der Waals surface area contributed by atoms with E-state index in [-0.39, 0.29) is 11.5 Å². The molecule has 3 rings (SSSR count). The molecule has 0 bridgehead atoms. The van der Waals surface area contributed by atoms with Gasteiger partial charge in [-0.2, -0.15) is 0 Å². The second kappa shape index (κ2) is 7.32. The fourth-order valence-corrected chi connectivity index (χ4v) is 3.44. The summed E-state index contributed by atoms with van der Waals surface area (Å²) < 4.78 is 6.53. The van der Waals surface area contributed by atoms with Crippen molar-refractivity contribution in [1.82, 2.24) is 10.2 Å². The van der Waals surface area contributed by atoms with Crippen molar-refractivity contribution in [3.05, 3.63) is 63.6 Å². The van der Waals surface area contributed by atoms with Crippen molar-refractivity contribution in [2.24, 2.45) is 0 Å². The highest BCUT2D eigenvalue weighted by atomic mass is 79.9. The highest BCUT2D eigenvalue weighted by Crippen LogP contribution is 2.29. The zero-order valence-electron chi connectivity index (χ0n) is 13.2. The minimum atomic E-state index is 0.0538. The summed E-state index contributed by atoms with van der Waals surface area (Å²) >= 11 is 4.71. The van der Waals surface area contributed by atoms with Gasteiger partial charge >= 0.3 is 0 Å². The van der Waals surface area contributed by atoms with Gasteiger partial charge in [0.2, 0.25) is 5.89 Å². The Morgan fingerprint density at radius 1 is 1.17 bits per heavy atom. The molecule has 24 heavy (non-hydrogen) atoms. The number of aromatic nitrogens is 2. The Bertz CT molecular complexity index is 892. The molecular formula is C18H15BrN2O2S. The molecular weight excluding hydrogens is 388 g/mol. The molecule has 0 aliphatic heterocycles. The van der Waals surface area contributed by atoms with E-state index in [2.05, 4.69) is 26.1 Å². The summed E-state index contributed by atoms with van der Waals surface area (Å²) in [6.45, 7) is 3.96. The largest absolute Gasteiger partial charge is 0.411 e. The van der Waals surface area contributed by atoms with Crippen LogP contribution in [0.3, 0.4) is 0 Å². The molecule has 1 heterocycles. The molecule has 0 fully saturated rings. The molecule has 0 spiro atoms. The SMILES string of the molecule is Cc1ccc(C(=O)CSc2nnc(-c3ccccc3Br)o2)c(C)c1. The van der Waals surface area contributed by atoms with Crippen LogP contribution in [-0.4, -0.2) is 21.7 Å². The second-order valence-corrected chi connectivity index (χ2v) is 7.16. The highest BCUT2D eigenvalue weighted by Gasteiger charge is 2.15. The first-order valence-electron chi connectivity index (χ1n) is 7.36. The Morgan fingerprint density at radius 3 is 2.71 bits per heavy atom. The molecule has 0 unspecified atom stereocenters. The first-order valence-corrected chi connectivity index (χ1v) is 9.14. The third-order valence-electron chi connectivity index (χ3n) is 3.52. The summed E-state index contributed by atoms with van der Waals surface area (Å²) in [6, 6.07) is 13.5. The Kier molecular flexibility index (Phi) is 5.16. The number of thioether (sulfide) groups is 1. The minimum Gasteiger partial charge on any atom is -0.411 e. The predicted octanol–water partition coefficient (Wildman–Crippen LogP) is 5.09. The summed E-state index contributed by atoms with van der Waals surface area (Å²) in [5.41, 5.74) is 3.70. The summed E-state index contributed by atoms with van der Waals surface area (Å²) in [5, 5.41) is 8.45. The van der Waals surface area contributed by atoms with Gasteiger partial charge in [-0.25, -0.2) is 0 Å². The minimum absolute atomic E-state index is 0.0538. The van der Waals surface area contributed by atoms with E-state index in [0.717, 1.165) is 26.7 Å². The number of nitrogens with zero attached hydrogens (tertiary/aromatic N) is 2. The number of hydrogen-bond acceptors (Lipinski definition) is 5. The molecule has 0 amide bonds. The number of ketones is 1. The lowest BCUT2D eigenvalue weighted by molar-refractivity contribution is 0.102. The molecule has 0 atom stereocenters. The van der Waals surface area contributed by atoms with Crippen molar-refractivity contribution in [2.45, 2.75) is 19.1 Å². The van der Waals surface area contributed by atoms with Crippen molar-refractivity contribution >= 4 is 33.5 Å². The maximum absolute atomic E-state index is 12.4. The molecule has 0 aliphatic carbocycles. The summed E-state index contributed by atoms with van der Waals surface area (Å²) in [7, 11) is 0. The number of Topliss-reactive ketones (excluding diaryl/α,β-unsaturated/α-hetero) is 1. The lowest BCUT2D eigenvalue weighted by Gasteiger charge is -2.04. The van der Waals surface area contributed by atoms with Gasteiger partial charge in [-0.3, -0.25) is 4.79 Å². The summed E-state index contributed by atoms with van der Waals surface area (Å²) in [4.78, 5) is 12.4. The zero-order valence-corrected chi connectivity index (χ0v) is 15.6. The third-order valence-corrected chi connectivity index (χ3v) is 5.03. The monoisotopic (exact) mass is 402 g/mol. The van der Waals surface area contributed by atoms with Gasteiger partial charge in [-0.15, -0.1) is 10.2 Å². The number of halogens is 1. The number of rotatable bonds is 5. The van der Waals surface area contributed by atoms with Crippen LogP contribution in [0.1, 0.15) is 21.5 Å². The fraction of sp³-hybridized carbons (Fsp3) is 0.167. The normalized spacial score (nSPS) is 10.8. The maximum Gasteiger partial charge on any atom is 0.277 e. The number of aryl methyl sites for hydroxylation is 2. The van der Waals surface area contributed by atoms with Crippen molar-refractivity contribution in [2.75, 3.05) is 5.75 Å². The van der Waals surface area contributed by atoms with E-state index in [1.165, 1.54) is 11.8 Å². The quantitative estimate of drug-likeness (QED) is 0.439. The van der Waals surface area contributed by atoms with Crippen molar-refractivity contribution in [3.63, 3.8) is 0 Å². The van der Waals surface area contributed by atoms with Crippen LogP contribution >= 0.6 is 27.7 Å². The molecule has 122 valence electrons. The summed E-state index contributed by atoms with van der Waals surface area (Å²) in [5.74, 6) is 0.753. The molecule has 6 heteroatoms. The number of benzene rings is 2. The fourth-order valence-electron chi connectivity index (χ4n) is 2.34. The molecule has 3 aromatic rings. The average Bonchev–Trinajstić information content (AvgIpc) is 3.02. The standard InChI is InChI=1S/C18H15BrN2O2S/c1-11-7-8-13(12(2)9-11)16(22)10-24-18-21-20-17(23-18)14-5-3-4-6-15(14)19/h3-9H,10H2,1-2H3. The van der Waals surface area contributed by atoms with E-state index < -0.39 is 0 Å². The number of hydrogen-bond donors (Lipinski definition) is 0. The Balaban J connectivity index is 1.69. The van der Waals surface area contributed by atoms with Crippen molar-refractivity contribution in [3.8, 4) is 11.5 Å². The first-order chi connectivity index (χ1) is 11.5. The van der Waals surface area contributed by atoms with Gasteiger partial charge in [0.15, 0.2) is 5.78 Å². The summed E-state index contributed by atoms with van der Waals surface area (Å²) in [6.07, 6.45) is 0. The Hall–Kier alpha value is -1.92. The van der Waals surface area contributed by atoms with Crippen molar-refractivity contribution < 1.29 is 9.21 Å². The average molecular weight is 403 g/mol. The molecule has 0 aliphatic rings.